The molecule has 3 heterocycles. The van der Waals surface area contributed by atoms with E-state index in [0.29, 0.717) is 38.3 Å². The monoisotopic (exact) mass is 432 g/mol. The predicted molar refractivity (Wildman–Crippen MR) is 119 cm³/mol. The second kappa shape index (κ2) is 8.74. The molecule has 0 atom stereocenters. The van der Waals surface area contributed by atoms with Crippen LogP contribution in [0.25, 0.3) is 11.3 Å². The van der Waals surface area contributed by atoms with E-state index in [-0.39, 0.29) is 12.7 Å². The van der Waals surface area contributed by atoms with E-state index in [9.17, 15) is 4.79 Å². The molecule has 1 fully saturated rings. The van der Waals surface area contributed by atoms with Gasteiger partial charge < -0.3 is 24.0 Å². The van der Waals surface area contributed by atoms with Crippen LogP contribution in [0.2, 0.25) is 0 Å². The largest absolute Gasteiger partial charge is 0.494 e. The van der Waals surface area contributed by atoms with E-state index in [2.05, 4.69) is 15.1 Å². The third-order valence-corrected chi connectivity index (χ3v) is 5.62. The molecule has 0 radical (unpaired) electrons. The van der Waals surface area contributed by atoms with Gasteiger partial charge in [-0.2, -0.15) is 0 Å². The Labute approximate surface area is 186 Å². The number of carbonyl (C=O) groups excluding carboxylic acids is 1. The highest BCUT2D eigenvalue weighted by Crippen LogP contribution is 2.35. The highest BCUT2D eigenvalue weighted by Gasteiger charge is 2.23. The number of fused-ring (bicyclic) bond motifs is 1. The van der Waals surface area contributed by atoms with Crippen molar-refractivity contribution in [3.8, 4) is 28.5 Å². The van der Waals surface area contributed by atoms with Crippen LogP contribution >= 0.6 is 0 Å². The summed E-state index contributed by atoms with van der Waals surface area (Å²) >= 11 is 0. The number of hydrogen-bond donors (Lipinski definition) is 0. The minimum absolute atomic E-state index is 0.0388. The Balaban J connectivity index is 1.20. The SMILES string of the molecule is CCOc1ccc(C(=O)N2CCN(c3ccc(-c4ccc5c(c4)OCO5)nn3)CC2)cc1. The zero-order chi connectivity index (χ0) is 21.9. The third kappa shape index (κ3) is 4.03. The molecule has 8 nitrogen and oxygen atoms in total. The maximum atomic E-state index is 12.8. The predicted octanol–water partition coefficient (Wildman–Crippen LogP) is 3.23. The van der Waals surface area contributed by atoms with Crippen LogP contribution in [-0.2, 0) is 0 Å². The van der Waals surface area contributed by atoms with Gasteiger partial charge >= 0.3 is 0 Å². The fourth-order valence-corrected chi connectivity index (χ4v) is 3.89. The van der Waals surface area contributed by atoms with Crippen molar-refractivity contribution >= 4 is 11.7 Å². The number of anilines is 1. The van der Waals surface area contributed by atoms with Crippen LogP contribution in [0.5, 0.6) is 17.2 Å². The van der Waals surface area contributed by atoms with Crippen LogP contribution in [0, 0.1) is 0 Å². The molecular formula is C24H24N4O4. The van der Waals surface area contributed by atoms with Crippen LogP contribution in [0.4, 0.5) is 5.82 Å². The second-order valence-electron chi connectivity index (χ2n) is 7.58. The van der Waals surface area contributed by atoms with Crippen molar-refractivity contribution < 1.29 is 19.0 Å². The minimum atomic E-state index is 0.0388. The molecular weight excluding hydrogens is 408 g/mol. The maximum absolute atomic E-state index is 12.8. The Morgan fingerprint density at radius 3 is 2.44 bits per heavy atom. The van der Waals surface area contributed by atoms with Gasteiger partial charge in [-0.1, -0.05) is 0 Å². The molecule has 164 valence electrons. The normalized spacial score (nSPS) is 15.0. The molecule has 0 spiro atoms. The van der Waals surface area contributed by atoms with Crippen LogP contribution in [0.3, 0.4) is 0 Å². The molecule has 2 aliphatic rings. The van der Waals surface area contributed by atoms with Crippen LogP contribution < -0.4 is 19.1 Å². The number of nitrogens with zero attached hydrogens (tertiary/aromatic N) is 4. The molecule has 5 rings (SSSR count). The Morgan fingerprint density at radius 2 is 1.72 bits per heavy atom. The van der Waals surface area contributed by atoms with E-state index < -0.39 is 0 Å². The van der Waals surface area contributed by atoms with Crippen molar-refractivity contribution in [3.63, 3.8) is 0 Å². The van der Waals surface area contributed by atoms with Crippen LogP contribution in [0.15, 0.2) is 54.6 Å². The van der Waals surface area contributed by atoms with E-state index in [0.717, 1.165) is 34.3 Å². The van der Waals surface area contributed by atoms with E-state index in [1.165, 1.54) is 0 Å². The lowest BCUT2D eigenvalue weighted by Gasteiger charge is -2.35. The van der Waals surface area contributed by atoms with E-state index in [4.69, 9.17) is 14.2 Å². The molecule has 8 heteroatoms. The summed E-state index contributed by atoms with van der Waals surface area (Å²) < 4.78 is 16.2. The summed E-state index contributed by atoms with van der Waals surface area (Å²) in [6.07, 6.45) is 0. The highest BCUT2D eigenvalue weighted by molar-refractivity contribution is 5.94. The number of carbonyl (C=O) groups is 1. The summed E-state index contributed by atoms with van der Waals surface area (Å²) in [4.78, 5) is 16.8. The molecule has 1 aromatic heterocycles. The quantitative estimate of drug-likeness (QED) is 0.613. The molecule has 0 saturated carbocycles. The van der Waals surface area contributed by atoms with Gasteiger partial charge in [0.2, 0.25) is 6.79 Å². The van der Waals surface area contributed by atoms with Crippen LogP contribution in [0.1, 0.15) is 17.3 Å². The van der Waals surface area contributed by atoms with E-state index in [1.807, 2.05) is 66.4 Å². The number of rotatable bonds is 5. The Bertz CT molecular complexity index is 1090. The van der Waals surface area contributed by atoms with E-state index in [1.54, 1.807) is 0 Å². The standard InChI is InChI=1S/C24H24N4O4/c1-2-30-19-6-3-17(4-7-19)24(29)28-13-11-27(12-14-28)23-10-8-20(25-26-23)18-5-9-21-22(15-18)32-16-31-21/h3-10,15H,2,11-14,16H2,1H3. The zero-order valence-electron chi connectivity index (χ0n) is 17.9. The molecule has 0 N–H and O–H groups in total. The summed E-state index contributed by atoms with van der Waals surface area (Å²) in [5.74, 6) is 3.09. The van der Waals surface area contributed by atoms with Crippen molar-refractivity contribution in [1.29, 1.82) is 0 Å². The van der Waals surface area contributed by atoms with Crippen LogP contribution in [-0.4, -0.2) is 60.6 Å². The summed E-state index contributed by atoms with van der Waals surface area (Å²) in [6, 6.07) is 17.0. The average Bonchev–Trinajstić information content (AvgIpc) is 3.33. The first-order valence-corrected chi connectivity index (χ1v) is 10.7. The minimum Gasteiger partial charge on any atom is -0.494 e. The second-order valence-corrected chi connectivity index (χ2v) is 7.58. The van der Waals surface area contributed by atoms with Gasteiger partial charge in [0.05, 0.1) is 12.3 Å². The summed E-state index contributed by atoms with van der Waals surface area (Å²) in [6.45, 7) is 5.48. The molecule has 1 saturated heterocycles. The number of amides is 1. The van der Waals surface area contributed by atoms with Gasteiger partial charge in [0.1, 0.15) is 5.75 Å². The van der Waals surface area contributed by atoms with Crippen molar-refractivity contribution in [2.75, 3.05) is 44.5 Å². The lowest BCUT2D eigenvalue weighted by Crippen LogP contribution is -2.49. The third-order valence-electron chi connectivity index (χ3n) is 5.62. The first-order valence-electron chi connectivity index (χ1n) is 10.7. The van der Waals surface area contributed by atoms with Crippen molar-refractivity contribution in [2.24, 2.45) is 0 Å². The highest BCUT2D eigenvalue weighted by atomic mass is 16.7. The van der Waals surface area contributed by atoms with Gasteiger partial charge in [0.25, 0.3) is 5.91 Å². The molecule has 3 aromatic rings. The fourth-order valence-electron chi connectivity index (χ4n) is 3.89. The molecule has 1 amide bonds. The van der Waals surface area contributed by atoms with Gasteiger partial charge in [-0.3, -0.25) is 4.79 Å². The molecule has 2 aliphatic heterocycles. The fraction of sp³-hybridized carbons (Fsp3) is 0.292. The molecule has 32 heavy (non-hydrogen) atoms. The molecule has 0 aliphatic carbocycles. The van der Waals surface area contributed by atoms with Gasteiger partial charge in [-0.05, 0) is 61.5 Å². The number of hydrogen-bond acceptors (Lipinski definition) is 7. The van der Waals surface area contributed by atoms with Crippen molar-refractivity contribution in [2.45, 2.75) is 6.92 Å². The Kier molecular flexibility index (Phi) is 5.49. The Hall–Kier alpha value is -3.81. The average molecular weight is 432 g/mol. The van der Waals surface area contributed by atoms with Gasteiger partial charge in [0, 0.05) is 37.3 Å². The Morgan fingerprint density at radius 1 is 0.938 bits per heavy atom. The van der Waals surface area contributed by atoms with Gasteiger partial charge in [-0.15, -0.1) is 10.2 Å². The summed E-state index contributed by atoms with van der Waals surface area (Å²) in [5, 5.41) is 8.81. The summed E-state index contributed by atoms with van der Waals surface area (Å²) in [7, 11) is 0. The first kappa shape index (κ1) is 20.1. The topological polar surface area (TPSA) is 77.0 Å². The van der Waals surface area contributed by atoms with Gasteiger partial charge in [-0.25, -0.2) is 0 Å². The number of piperazine rings is 1. The lowest BCUT2D eigenvalue weighted by molar-refractivity contribution is 0.0746. The number of aromatic nitrogens is 2. The van der Waals surface area contributed by atoms with E-state index >= 15 is 0 Å². The molecule has 0 unspecified atom stereocenters. The summed E-state index contributed by atoms with van der Waals surface area (Å²) in [5.41, 5.74) is 2.38. The number of ether oxygens (including phenoxy) is 3. The number of benzene rings is 2. The molecule has 2 aromatic carbocycles. The smallest absolute Gasteiger partial charge is 0.253 e. The lowest BCUT2D eigenvalue weighted by atomic mass is 10.1. The first-order chi connectivity index (χ1) is 15.7. The van der Waals surface area contributed by atoms with Crippen molar-refractivity contribution in [1.82, 2.24) is 15.1 Å². The molecule has 0 bridgehead atoms. The maximum Gasteiger partial charge on any atom is 0.253 e. The van der Waals surface area contributed by atoms with Gasteiger partial charge in [0.15, 0.2) is 17.3 Å². The zero-order valence-corrected chi connectivity index (χ0v) is 17.9. The van der Waals surface area contributed by atoms with Crippen molar-refractivity contribution in [3.05, 3.63) is 60.2 Å².